The van der Waals surface area contributed by atoms with E-state index in [1.165, 1.54) is 41.1 Å². The first-order valence-electron chi connectivity index (χ1n) is 24.0. The van der Waals surface area contributed by atoms with E-state index in [9.17, 15) is 47.9 Å². The molecule has 1 heterocycles. The normalized spacial score (nSPS) is 12.3. The Balaban J connectivity index is 1.56. The molecular formula is C49H68BN9O17. The fraction of sp³-hybridized carbons (Fsp3) is 0.510. The molecule has 3 N–H and O–H groups in total. The first-order chi connectivity index (χ1) is 36.1. The van der Waals surface area contributed by atoms with Gasteiger partial charge in [-0.05, 0) is 63.6 Å². The molecule has 2 aromatic carbocycles. The molecule has 0 spiro atoms. The zero-order chi connectivity index (χ0) is 56.2. The summed E-state index contributed by atoms with van der Waals surface area (Å²) in [4.78, 5) is 133. The van der Waals surface area contributed by atoms with Crippen LogP contribution >= 0.6 is 0 Å². The highest BCUT2D eigenvalue weighted by Crippen LogP contribution is 2.16. The second kappa shape index (κ2) is 33.3. The number of likely N-dealkylation sites (N-methyl/N-ethyl adjacent to an activating group) is 5. The van der Waals surface area contributed by atoms with Gasteiger partial charge in [0.15, 0.2) is 7.85 Å². The number of hydrogen-bond donors (Lipinski definition) is 3. The summed E-state index contributed by atoms with van der Waals surface area (Å²) in [5, 5.41) is 7.50. The predicted molar refractivity (Wildman–Crippen MR) is 271 cm³/mol. The molecule has 2 radical (unpaired) electrons. The van der Waals surface area contributed by atoms with Gasteiger partial charge in [0.05, 0.1) is 38.6 Å². The summed E-state index contributed by atoms with van der Waals surface area (Å²) in [6, 6.07) is 10.9. The minimum atomic E-state index is -1.57. The third-order valence-electron chi connectivity index (χ3n) is 10.8. The van der Waals surface area contributed by atoms with Crippen LogP contribution in [0.3, 0.4) is 0 Å². The minimum absolute atomic E-state index is 0.00679. The van der Waals surface area contributed by atoms with Crippen LogP contribution in [0, 0.1) is 0 Å². The maximum atomic E-state index is 13.7. The second-order valence-electron chi connectivity index (χ2n) is 17.6. The zero-order valence-corrected chi connectivity index (χ0v) is 43.9. The van der Waals surface area contributed by atoms with Crippen molar-refractivity contribution in [3.63, 3.8) is 0 Å². The number of carbonyl (C=O) groups excluding carboxylic acids is 10. The third-order valence-corrected chi connectivity index (χ3v) is 10.8. The third kappa shape index (κ3) is 24.6. The van der Waals surface area contributed by atoms with Gasteiger partial charge in [-0.3, -0.25) is 24.1 Å². The summed E-state index contributed by atoms with van der Waals surface area (Å²) >= 11 is 0. The summed E-state index contributed by atoms with van der Waals surface area (Å²) < 4.78 is 37.9. The van der Waals surface area contributed by atoms with Crippen molar-refractivity contribution >= 4 is 67.5 Å². The van der Waals surface area contributed by atoms with Crippen molar-refractivity contribution in [3.8, 4) is 11.5 Å². The molecule has 8 amide bonds. The van der Waals surface area contributed by atoms with Gasteiger partial charge in [-0.1, -0.05) is 24.3 Å². The summed E-state index contributed by atoms with van der Waals surface area (Å²) in [5.74, 6) is -2.72. The first kappa shape index (κ1) is 62.7. The zero-order valence-electron chi connectivity index (χ0n) is 43.9. The average molecular weight is 1070 g/mol. The average Bonchev–Trinajstić information content (AvgIpc) is 3.71. The van der Waals surface area contributed by atoms with Gasteiger partial charge in [-0.25, -0.2) is 24.0 Å². The van der Waals surface area contributed by atoms with Crippen LogP contribution in [-0.4, -0.2) is 237 Å². The summed E-state index contributed by atoms with van der Waals surface area (Å²) in [7, 11) is 17.4. The van der Waals surface area contributed by atoms with E-state index in [0.29, 0.717) is 37.3 Å². The number of carbonyl (C=O) groups is 10. The van der Waals surface area contributed by atoms with Gasteiger partial charge in [-0.15, -0.1) is 0 Å². The number of amides is 8. The van der Waals surface area contributed by atoms with E-state index in [1.807, 2.05) is 38.0 Å². The Morgan fingerprint density at radius 2 is 1.09 bits per heavy atom. The van der Waals surface area contributed by atoms with E-state index >= 15 is 0 Å². The van der Waals surface area contributed by atoms with E-state index in [1.54, 1.807) is 38.4 Å². The lowest BCUT2D eigenvalue weighted by atomic mass is 9.95. The second-order valence-corrected chi connectivity index (χ2v) is 17.6. The molecule has 76 heavy (non-hydrogen) atoms. The number of ether oxygens (including phenoxy) is 7. The van der Waals surface area contributed by atoms with Crippen LogP contribution in [-0.2, 0) is 65.7 Å². The number of alkyl carbamates (subject to hydrolysis) is 2. The summed E-state index contributed by atoms with van der Waals surface area (Å²) in [6.45, 7) is 0.339. The van der Waals surface area contributed by atoms with Gasteiger partial charge in [0.2, 0.25) is 11.8 Å². The van der Waals surface area contributed by atoms with Gasteiger partial charge in [0, 0.05) is 85.4 Å². The van der Waals surface area contributed by atoms with Crippen LogP contribution in [0.4, 0.5) is 19.2 Å². The Kier molecular flexibility index (Phi) is 27.5. The maximum Gasteiger partial charge on any atom is 0.415 e. The largest absolute Gasteiger partial charge is 0.457 e. The van der Waals surface area contributed by atoms with Crippen LogP contribution in [0.25, 0.3) is 0 Å². The molecule has 0 saturated carbocycles. The number of rotatable bonds is 32. The molecule has 3 rings (SSSR count). The minimum Gasteiger partial charge on any atom is -0.457 e. The lowest BCUT2D eigenvalue weighted by molar-refractivity contribution is -0.160. The topological polar surface area (TPSA) is 291 Å². The molecule has 1 aliphatic heterocycles. The molecule has 0 aromatic heterocycles. The fourth-order valence-electron chi connectivity index (χ4n) is 6.18. The monoisotopic (exact) mass is 1070 g/mol. The molecule has 27 heteroatoms. The fourth-order valence-corrected chi connectivity index (χ4v) is 6.18. The molecule has 0 bridgehead atoms. The van der Waals surface area contributed by atoms with Gasteiger partial charge < -0.3 is 78.4 Å². The van der Waals surface area contributed by atoms with Gasteiger partial charge >= 0.3 is 30.3 Å². The highest BCUT2D eigenvalue weighted by Gasteiger charge is 2.32. The lowest BCUT2D eigenvalue weighted by Crippen LogP contribution is -2.49. The van der Waals surface area contributed by atoms with E-state index < -0.39 is 97.9 Å². The van der Waals surface area contributed by atoms with Crippen LogP contribution in [0.1, 0.15) is 24.0 Å². The summed E-state index contributed by atoms with van der Waals surface area (Å²) in [6.07, 6.45) is -2.86. The Morgan fingerprint density at radius 3 is 1.55 bits per heavy atom. The predicted octanol–water partition coefficient (Wildman–Crippen LogP) is 0.112. The number of nitrogens with one attached hydrogen (secondary N) is 3. The highest BCUT2D eigenvalue weighted by atomic mass is 16.6. The van der Waals surface area contributed by atoms with Crippen molar-refractivity contribution in [2.45, 2.75) is 38.2 Å². The van der Waals surface area contributed by atoms with Crippen LogP contribution in [0.15, 0.2) is 60.7 Å². The van der Waals surface area contributed by atoms with Crippen molar-refractivity contribution in [2.24, 2.45) is 0 Å². The van der Waals surface area contributed by atoms with Crippen molar-refractivity contribution in [3.05, 3.63) is 71.8 Å². The Morgan fingerprint density at radius 1 is 0.618 bits per heavy atom. The van der Waals surface area contributed by atoms with Gasteiger partial charge in [0.25, 0.3) is 11.8 Å². The van der Waals surface area contributed by atoms with E-state index in [4.69, 9.17) is 41.0 Å². The van der Waals surface area contributed by atoms with Crippen LogP contribution in [0.2, 0.25) is 0 Å². The quantitative estimate of drug-likeness (QED) is 0.0288. The molecule has 1 atom stereocenters. The van der Waals surface area contributed by atoms with Gasteiger partial charge in [-0.2, -0.15) is 0 Å². The number of nitrogens with zero attached hydrogens (tertiary/aromatic N) is 6. The SMILES string of the molecule is [B]C(=O)CC(C(=O)OC(CNC(=O)OCc1ccc(OC(=O)N(C)CCN(C)C)cc1)CNC(=O)OCc1ccc(OC(=O)N(C)CCN(C)C)cc1)N(C)C(=O)COCCOCCNC(=O)CCN1C(=O)C=CC1=O. The van der Waals surface area contributed by atoms with Crippen molar-refractivity contribution in [2.75, 3.05) is 128 Å². The number of esters is 1. The van der Waals surface area contributed by atoms with E-state index in [2.05, 4.69) is 16.0 Å². The van der Waals surface area contributed by atoms with Crippen molar-refractivity contribution < 1.29 is 81.1 Å². The molecule has 2 aromatic rings. The number of benzene rings is 2. The molecular weight excluding hydrogens is 997 g/mol. The van der Waals surface area contributed by atoms with E-state index in [-0.39, 0.29) is 64.0 Å². The molecule has 414 valence electrons. The first-order valence-corrected chi connectivity index (χ1v) is 24.0. The standard InChI is InChI=1S/C49H68BN9O17/c1-54(2)21-23-56(5)48(68)75-36-12-8-34(9-13-36)31-72-46(66)52-29-38(30-53-47(67)73-32-35-10-14-37(15-11-35)76-49(69)57(6)24-22-55(3)4)74-45(65)39(28-40(50)60)58(7)44(64)33-71-27-26-70-25-19-51-41(61)18-20-59-42(62)16-17-43(59)63/h8-17,38-39H,18-33H2,1-7H3,(H,51,61)(H,52,66)(H,53,67). The molecule has 1 unspecified atom stereocenters. The number of imide groups is 1. The molecule has 26 nitrogen and oxygen atoms in total. The highest BCUT2D eigenvalue weighted by molar-refractivity contribution is 6.57. The lowest BCUT2D eigenvalue weighted by Gasteiger charge is -2.28. The number of hydrogen-bond acceptors (Lipinski definition) is 19. The van der Waals surface area contributed by atoms with E-state index in [0.717, 1.165) is 22.0 Å². The smallest absolute Gasteiger partial charge is 0.415 e. The Hall–Kier alpha value is -7.62. The molecule has 1 aliphatic rings. The Labute approximate surface area is 442 Å². The van der Waals surface area contributed by atoms with Gasteiger partial charge in [0.1, 0.15) is 43.5 Å². The molecule has 0 fully saturated rings. The molecule has 0 saturated heterocycles. The van der Waals surface area contributed by atoms with Crippen LogP contribution in [0.5, 0.6) is 11.5 Å². The molecule has 0 aliphatic carbocycles. The van der Waals surface area contributed by atoms with Crippen molar-refractivity contribution in [1.82, 2.24) is 45.3 Å². The van der Waals surface area contributed by atoms with Crippen molar-refractivity contribution in [1.29, 1.82) is 0 Å². The maximum absolute atomic E-state index is 13.7. The Bertz CT molecular complexity index is 2190. The van der Waals surface area contributed by atoms with Crippen LogP contribution < -0.4 is 25.4 Å². The summed E-state index contributed by atoms with van der Waals surface area (Å²) in [5.41, 5.74) is 0.103.